The molecular weight excluding hydrogens is 845 g/mol. The third-order valence-electron chi connectivity index (χ3n) is 16.1. The van der Waals surface area contributed by atoms with Crippen molar-refractivity contribution in [1.82, 2.24) is 0 Å². The summed E-state index contributed by atoms with van der Waals surface area (Å²) in [7, 11) is 0. The molecule has 9 aromatic rings. The lowest BCUT2D eigenvalue weighted by atomic mass is 9.50. The van der Waals surface area contributed by atoms with E-state index in [1.54, 1.807) is 0 Å². The lowest BCUT2D eigenvalue weighted by Crippen LogP contribution is -2.47. The Morgan fingerprint density at radius 3 is 1.91 bits per heavy atom. The number of anilines is 4. The summed E-state index contributed by atoms with van der Waals surface area (Å²) in [5.41, 5.74) is 22.0. The van der Waals surface area contributed by atoms with Gasteiger partial charge in [0.15, 0.2) is 0 Å². The van der Waals surface area contributed by atoms with E-state index in [4.69, 9.17) is 0 Å². The molecule has 0 bridgehead atoms. The molecule has 332 valence electrons. The minimum atomic E-state index is -0.649. The first-order chi connectivity index (χ1) is 34.7. The molecule has 4 atom stereocenters. The van der Waals surface area contributed by atoms with Crippen LogP contribution in [0.4, 0.5) is 22.7 Å². The molecule has 5 aliphatic rings. The molecule has 0 spiro atoms. The van der Waals surface area contributed by atoms with E-state index in [2.05, 4.69) is 277 Å². The number of allylic oxidation sites excluding steroid dienone is 7. The average molecular weight is 895 g/mol. The maximum absolute atomic E-state index is 2.51. The minimum absolute atomic E-state index is 0.240. The van der Waals surface area contributed by atoms with Crippen molar-refractivity contribution < 1.29 is 0 Å². The van der Waals surface area contributed by atoms with Crippen LogP contribution in [0.2, 0.25) is 0 Å². The highest BCUT2D eigenvalue weighted by Crippen LogP contribution is 2.67. The van der Waals surface area contributed by atoms with Crippen molar-refractivity contribution in [2.45, 2.75) is 29.6 Å². The Kier molecular flexibility index (Phi) is 9.32. The van der Waals surface area contributed by atoms with Crippen molar-refractivity contribution in [2.24, 2.45) is 5.92 Å². The van der Waals surface area contributed by atoms with Gasteiger partial charge in [-0.15, -0.1) is 0 Å². The van der Waals surface area contributed by atoms with E-state index in [9.17, 15) is 0 Å². The highest BCUT2D eigenvalue weighted by molar-refractivity contribution is 5.90. The summed E-state index contributed by atoms with van der Waals surface area (Å²) in [5.74, 6) is 0.497. The Hall–Kier alpha value is -8.46. The molecule has 0 N–H and O–H groups in total. The van der Waals surface area contributed by atoms with Gasteiger partial charge in [0.25, 0.3) is 0 Å². The molecule has 4 aliphatic carbocycles. The average Bonchev–Trinajstić information content (AvgIpc) is 3.94. The van der Waals surface area contributed by atoms with E-state index in [1.165, 1.54) is 83.8 Å². The molecule has 0 radical (unpaired) electrons. The van der Waals surface area contributed by atoms with E-state index < -0.39 is 5.41 Å². The maximum Gasteiger partial charge on any atom is 0.0708 e. The Morgan fingerprint density at radius 1 is 0.471 bits per heavy atom. The summed E-state index contributed by atoms with van der Waals surface area (Å²) in [6, 6.07) is 86.5. The fourth-order valence-electron chi connectivity index (χ4n) is 13.3. The molecular formula is C68H50N2. The van der Waals surface area contributed by atoms with Crippen molar-refractivity contribution in [3.8, 4) is 22.3 Å². The maximum atomic E-state index is 2.51. The Bertz CT molecular complexity index is 3620. The van der Waals surface area contributed by atoms with Gasteiger partial charge < -0.3 is 9.80 Å². The van der Waals surface area contributed by atoms with Gasteiger partial charge in [0.1, 0.15) is 0 Å². The quantitative estimate of drug-likeness (QED) is 0.150. The zero-order chi connectivity index (χ0) is 46.2. The zero-order valence-corrected chi connectivity index (χ0v) is 38.9. The zero-order valence-electron chi connectivity index (χ0n) is 38.9. The first-order valence-electron chi connectivity index (χ1n) is 24.9. The second-order valence-electron chi connectivity index (χ2n) is 19.4. The van der Waals surface area contributed by atoms with Crippen molar-refractivity contribution >= 4 is 22.7 Å². The van der Waals surface area contributed by atoms with Gasteiger partial charge in [-0.25, -0.2) is 0 Å². The predicted octanol–water partition coefficient (Wildman–Crippen LogP) is 16.7. The second kappa shape index (κ2) is 16.1. The predicted molar refractivity (Wildman–Crippen MR) is 289 cm³/mol. The van der Waals surface area contributed by atoms with Crippen molar-refractivity contribution in [2.75, 3.05) is 9.80 Å². The Labute approximate surface area is 411 Å². The molecule has 1 aliphatic heterocycles. The molecule has 9 aromatic carbocycles. The highest BCUT2D eigenvalue weighted by atomic mass is 15.2. The summed E-state index contributed by atoms with van der Waals surface area (Å²) in [6.07, 6.45) is 16.1. The fourth-order valence-corrected chi connectivity index (χ4v) is 13.3. The van der Waals surface area contributed by atoms with Gasteiger partial charge in [0.2, 0.25) is 0 Å². The molecule has 1 heterocycles. The number of para-hydroxylation sites is 2. The van der Waals surface area contributed by atoms with Gasteiger partial charge in [-0.2, -0.15) is 0 Å². The lowest BCUT2D eigenvalue weighted by Gasteiger charge is -2.51. The number of fused-ring (bicyclic) bond motifs is 8. The van der Waals surface area contributed by atoms with Crippen LogP contribution in [0.5, 0.6) is 0 Å². The Balaban J connectivity index is 1.01. The highest BCUT2D eigenvalue weighted by Gasteiger charge is 2.59. The van der Waals surface area contributed by atoms with Crippen LogP contribution in [-0.2, 0) is 10.8 Å². The molecule has 14 rings (SSSR count). The molecule has 2 nitrogen and oxygen atoms in total. The van der Waals surface area contributed by atoms with Crippen molar-refractivity contribution in [1.29, 1.82) is 0 Å². The number of nitrogens with zero attached hydrogens (tertiary/aromatic N) is 2. The van der Waals surface area contributed by atoms with Crippen LogP contribution < -0.4 is 9.80 Å². The lowest BCUT2D eigenvalue weighted by molar-refractivity contribution is 0.431. The van der Waals surface area contributed by atoms with Crippen LogP contribution in [0.25, 0.3) is 22.3 Å². The SMILES string of the molecule is C1=CCC(C23c4ccccc4-c4cccc(c42)C(c2ccccc2)(c2cccc(N(C4=CCC5C(=C4)N(c4ccccc4)c4ccccc45)c4ccc(-c5ccccc5)cc4)c2)c2ccccc23)C=C1. The van der Waals surface area contributed by atoms with Gasteiger partial charge in [-0.05, 0) is 134 Å². The normalized spacial score (nSPS) is 20.9. The number of hydrogen-bond acceptors (Lipinski definition) is 2. The molecule has 0 saturated carbocycles. The van der Waals surface area contributed by atoms with Gasteiger partial charge in [0.05, 0.1) is 10.8 Å². The smallest absolute Gasteiger partial charge is 0.0708 e. The molecule has 0 saturated heterocycles. The van der Waals surface area contributed by atoms with Gasteiger partial charge in [0, 0.05) is 40.1 Å². The van der Waals surface area contributed by atoms with Crippen LogP contribution in [0.15, 0.2) is 278 Å². The van der Waals surface area contributed by atoms with Crippen LogP contribution >= 0.6 is 0 Å². The molecule has 0 amide bonds. The Morgan fingerprint density at radius 2 is 1.11 bits per heavy atom. The van der Waals surface area contributed by atoms with E-state index in [0.717, 1.165) is 29.9 Å². The van der Waals surface area contributed by atoms with Gasteiger partial charge >= 0.3 is 0 Å². The summed E-state index contributed by atoms with van der Waals surface area (Å²) in [4.78, 5) is 5.00. The summed E-state index contributed by atoms with van der Waals surface area (Å²) >= 11 is 0. The summed E-state index contributed by atoms with van der Waals surface area (Å²) in [5, 5.41) is 0. The van der Waals surface area contributed by atoms with Crippen LogP contribution in [0.3, 0.4) is 0 Å². The van der Waals surface area contributed by atoms with Crippen molar-refractivity contribution in [3.63, 3.8) is 0 Å². The molecule has 2 heteroatoms. The number of rotatable bonds is 8. The number of benzene rings is 9. The fraction of sp³-hybridized carbons (Fsp3) is 0.0882. The van der Waals surface area contributed by atoms with E-state index in [-0.39, 0.29) is 17.3 Å². The topological polar surface area (TPSA) is 6.48 Å². The third-order valence-corrected chi connectivity index (χ3v) is 16.1. The van der Waals surface area contributed by atoms with E-state index in [0.29, 0.717) is 0 Å². The third kappa shape index (κ3) is 5.80. The van der Waals surface area contributed by atoms with Gasteiger partial charge in [-0.1, -0.05) is 218 Å². The summed E-state index contributed by atoms with van der Waals surface area (Å²) in [6.45, 7) is 0. The van der Waals surface area contributed by atoms with Crippen LogP contribution in [-0.4, -0.2) is 0 Å². The molecule has 0 fully saturated rings. The van der Waals surface area contributed by atoms with E-state index in [1.807, 2.05) is 0 Å². The minimum Gasteiger partial charge on any atom is -0.313 e. The first kappa shape index (κ1) is 40.6. The standard InChI is InChI=1S/C68H50N2/c1-5-21-47(22-6-1)48-39-41-53(42-40-48)69(55-43-44-58-57-32-14-18-38-64(57)70(65(58)46-55)52-28-11-4-12-29-52)54-30-19-27-51(45-54)67(49-23-7-2-8-24-49)61-35-16-17-36-62(61)68(50-25-9-3-10-26-50)60-34-15-13-31-56(60)59-33-20-37-63(67)66(59)68/h1-25,27-43,45-46,50,58H,26,44H2. The van der Waals surface area contributed by atoms with Crippen LogP contribution in [0.1, 0.15) is 63.3 Å². The first-order valence-corrected chi connectivity index (χ1v) is 24.9. The monoisotopic (exact) mass is 894 g/mol. The molecule has 70 heavy (non-hydrogen) atoms. The molecule has 0 aromatic heterocycles. The van der Waals surface area contributed by atoms with Crippen molar-refractivity contribution in [3.05, 3.63) is 323 Å². The largest absolute Gasteiger partial charge is 0.313 e. The van der Waals surface area contributed by atoms with Gasteiger partial charge in [-0.3, -0.25) is 0 Å². The van der Waals surface area contributed by atoms with Crippen LogP contribution in [0, 0.1) is 5.92 Å². The summed E-state index contributed by atoms with van der Waals surface area (Å²) < 4.78 is 0. The number of hydrogen-bond donors (Lipinski definition) is 0. The second-order valence-corrected chi connectivity index (χ2v) is 19.4. The molecule has 4 unspecified atom stereocenters. The van der Waals surface area contributed by atoms with E-state index >= 15 is 0 Å².